The first-order valence-corrected chi connectivity index (χ1v) is 11.2. The topological polar surface area (TPSA) is 65.5 Å². The number of nitrogens with one attached hydrogen (secondary N) is 1. The van der Waals surface area contributed by atoms with E-state index in [9.17, 15) is 9.59 Å². The minimum absolute atomic E-state index is 0.0866. The maximum absolute atomic E-state index is 12.9. The van der Waals surface area contributed by atoms with Gasteiger partial charge in [-0.2, -0.15) is 0 Å². The molecule has 6 heterocycles. The standard InChI is InChI=1S/C21H26N4O2S/c1-13-20(14-5-8-24(13)9-6-14)23-21(27)16-11-17-15(12-22-16)10-19(28-17)25-7-3-2-4-18(25)26/h10-14,20H,2-9H2,1H3,(H,23,27). The van der Waals surface area contributed by atoms with E-state index in [0.29, 0.717) is 24.1 Å². The normalized spacial score (nSPS) is 30.0. The molecule has 2 amide bonds. The second-order valence-corrected chi connectivity index (χ2v) is 9.37. The Kier molecular flexibility index (Phi) is 4.59. The first-order valence-electron chi connectivity index (χ1n) is 10.3. The predicted octanol–water partition coefficient (Wildman–Crippen LogP) is 3.03. The lowest BCUT2D eigenvalue weighted by atomic mass is 9.79. The first kappa shape index (κ1) is 18.1. The van der Waals surface area contributed by atoms with E-state index >= 15 is 0 Å². The molecule has 0 radical (unpaired) electrons. The summed E-state index contributed by atoms with van der Waals surface area (Å²) in [6.07, 6.45) is 6.74. The minimum atomic E-state index is -0.0866. The molecule has 6 rings (SSSR count). The molecule has 0 aliphatic carbocycles. The fourth-order valence-electron chi connectivity index (χ4n) is 4.99. The van der Waals surface area contributed by atoms with Gasteiger partial charge in [-0.1, -0.05) is 0 Å². The van der Waals surface area contributed by atoms with Crippen molar-refractivity contribution >= 4 is 38.2 Å². The van der Waals surface area contributed by atoms with Gasteiger partial charge < -0.3 is 10.2 Å². The molecule has 2 unspecified atom stereocenters. The smallest absolute Gasteiger partial charge is 0.270 e. The molecule has 4 fully saturated rings. The summed E-state index contributed by atoms with van der Waals surface area (Å²) in [5, 5.41) is 5.21. The number of rotatable bonds is 3. The molecule has 7 heteroatoms. The number of thiophene rings is 1. The van der Waals surface area contributed by atoms with Crippen LogP contribution in [0.2, 0.25) is 0 Å². The van der Waals surface area contributed by atoms with Gasteiger partial charge in [0.2, 0.25) is 5.91 Å². The van der Waals surface area contributed by atoms with Crippen LogP contribution in [0.25, 0.3) is 10.1 Å². The Morgan fingerprint density at radius 2 is 2.04 bits per heavy atom. The van der Waals surface area contributed by atoms with Crippen molar-refractivity contribution < 1.29 is 9.59 Å². The highest BCUT2D eigenvalue weighted by atomic mass is 32.1. The summed E-state index contributed by atoms with van der Waals surface area (Å²) in [6, 6.07) is 4.49. The highest BCUT2D eigenvalue weighted by molar-refractivity contribution is 7.23. The zero-order valence-corrected chi connectivity index (χ0v) is 17.0. The van der Waals surface area contributed by atoms with E-state index in [4.69, 9.17) is 0 Å². The summed E-state index contributed by atoms with van der Waals surface area (Å²) >= 11 is 1.57. The van der Waals surface area contributed by atoms with E-state index in [-0.39, 0.29) is 17.9 Å². The number of hydrogen-bond acceptors (Lipinski definition) is 5. The molecule has 0 aromatic carbocycles. The second kappa shape index (κ2) is 7.12. The van der Waals surface area contributed by atoms with Crippen LogP contribution in [0.4, 0.5) is 5.00 Å². The predicted molar refractivity (Wildman–Crippen MR) is 111 cm³/mol. The summed E-state index contributed by atoms with van der Waals surface area (Å²) in [7, 11) is 0. The molecule has 148 valence electrons. The van der Waals surface area contributed by atoms with Crippen molar-refractivity contribution in [2.24, 2.45) is 5.92 Å². The highest BCUT2D eigenvalue weighted by Gasteiger charge is 2.40. The Balaban J connectivity index is 1.36. The van der Waals surface area contributed by atoms with Crippen molar-refractivity contribution in [2.75, 3.05) is 24.5 Å². The third-order valence-corrected chi connectivity index (χ3v) is 7.81. The van der Waals surface area contributed by atoms with Crippen molar-refractivity contribution in [3.05, 3.63) is 24.0 Å². The number of carbonyl (C=O) groups is 2. The summed E-state index contributed by atoms with van der Waals surface area (Å²) in [5.41, 5.74) is 0.467. The average Bonchev–Trinajstić information content (AvgIpc) is 3.14. The molecule has 0 saturated carbocycles. The van der Waals surface area contributed by atoms with Gasteiger partial charge in [0.1, 0.15) is 5.69 Å². The van der Waals surface area contributed by atoms with Crippen LogP contribution >= 0.6 is 11.3 Å². The third-order valence-electron chi connectivity index (χ3n) is 6.69. The molecule has 2 aromatic heterocycles. The van der Waals surface area contributed by atoms with E-state index in [1.165, 1.54) is 12.8 Å². The summed E-state index contributed by atoms with van der Waals surface area (Å²) in [6.45, 7) is 5.29. The number of fused-ring (bicyclic) bond motifs is 4. The van der Waals surface area contributed by atoms with Crippen molar-refractivity contribution in [3.63, 3.8) is 0 Å². The largest absolute Gasteiger partial charge is 0.346 e. The Labute approximate surface area is 168 Å². The minimum Gasteiger partial charge on any atom is -0.346 e. The lowest BCUT2D eigenvalue weighted by Crippen LogP contribution is -2.62. The van der Waals surface area contributed by atoms with Gasteiger partial charge in [-0.05, 0) is 63.7 Å². The van der Waals surface area contributed by atoms with Crippen LogP contribution in [-0.2, 0) is 4.79 Å². The van der Waals surface area contributed by atoms with Crippen LogP contribution in [0, 0.1) is 5.92 Å². The zero-order valence-electron chi connectivity index (χ0n) is 16.2. The lowest BCUT2D eigenvalue weighted by molar-refractivity contribution is -0.119. The molecule has 6 nitrogen and oxygen atoms in total. The Morgan fingerprint density at radius 1 is 1.21 bits per heavy atom. The number of aromatic nitrogens is 1. The van der Waals surface area contributed by atoms with Crippen molar-refractivity contribution in [1.29, 1.82) is 0 Å². The number of nitrogens with zero attached hydrogens (tertiary/aromatic N) is 3. The molecule has 0 spiro atoms. The van der Waals surface area contributed by atoms with E-state index in [0.717, 1.165) is 47.6 Å². The maximum atomic E-state index is 12.9. The van der Waals surface area contributed by atoms with Crippen molar-refractivity contribution in [3.8, 4) is 0 Å². The molecule has 28 heavy (non-hydrogen) atoms. The molecule has 2 aromatic rings. The van der Waals surface area contributed by atoms with Crippen molar-refractivity contribution in [2.45, 2.75) is 51.1 Å². The molecule has 4 aliphatic heterocycles. The first-order chi connectivity index (χ1) is 13.6. The van der Waals surface area contributed by atoms with Crippen LogP contribution in [-0.4, -0.2) is 53.4 Å². The van der Waals surface area contributed by atoms with E-state index in [2.05, 4.69) is 22.1 Å². The van der Waals surface area contributed by atoms with Gasteiger partial charge in [0.05, 0.1) is 5.00 Å². The molecule has 2 atom stereocenters. The number of pyridine rings is 1. The average molecular weight is 399 g/mol. The van der Waals surface area contributed by atoms with Crippen LogP contribution in [0.15, 0.2) is 18.3 Å². The fraction of sp³-hybridized carbons (Fsp3) is 0.571. The van der Waals surface area contributed by atoms with Crippen LogP contribution in [0.5, 0.6) is 0 Å². The fourth-order valence-corrected chi connectivity index (χ4v) is 6.10. The van der Waals surface area contributed by atoms with Crippen LogP contribution in [0.1, 0.15) is 49.5 Å². The molecular weight excluding hydrogens is 372 g/mol. The molecule has 4 saturated heterocycles. The quantitative estimate of drug-likeness (QED) is 0.863. The van der Waals surface area contributed by atoms with E-state index in [1.54, 1.807) is 17.5 Å². The van der Waals surface area contributed by atoms with E-state index in [1.807, 2.05) is 17.0 Å². The Bertz CT molecular complexity index is 916. The van der Waals surface area contributed by atoms with E-state index < -0.39 is 0 Å². The van der Waals surface area contributed by atoms with Gasteiger partial charge in [0.15, 0.2) is 0 Å². The van der Waals surface area contributed by atoms with Crippen LogP contribution in [0.3, 0.4) is 0 Å². The van der Waals surface area contributed by atoms with Crippen molar-refractivity contribution in [1.82, 2.24) is 15.2 Å². The van der Waals surface area contributed by atoms with Gasteiger partial charge in [0.25, 0.3) is 5.91 Å². The number of carbonyl (C=O) groups excluding carboxylic acids is 2. The van der Waals surface area contributed by atoms with Gasteiger partial charge in [-0.25, -0.2) is 0 Å². The van der Waals surface area contributed by atoms with Gasteiger partial charge in [0, 0.05) is 41.3 Å². The molecule has 2 bridgehead atoms. The van der Waals surface area contributed by atoms with Gasteiger partial charge in [-0.15, -0.1) is 11.3 Å². The third kappa shape index (κ3) is 3.10. The summed E-state index contributed by atoms with van der Waals surface area (Å²) in [5.74, 6) is 0.683. The summed E-state index contributed by atoms with van der Waals surface area (Å²) < 4.78 is 1.01. The zero-order chi connectivity index (χ0) is 19.3. The Morgan fingerprint density at radius 3 is 2.79 bits per heavy atom. The number of hydrogen-bond donors (Lipinski definition) is 1. The monoisotopic (exact) mass is 398 g/mol. The Hall–Kier alpha value is -1.99. The lowest BCUT2D eigenvalue weighted by Gasteiger charge is -2.49. The molecule has 4 aliphatic rings. The SMILES string of the molecule is CC1C(NC(=O)c2cc3sc(N4CCCCC4=O)cc3cn2)C2CCN1CC2. The van der Waals surface area contributed by atoms with Gasteiger partial charge in [-0.3, -0.25) is 19.5 Å². The summed E-state index contributed by atoms with van der Waals surface area (Å²) in [4.78, 5) is 33.9. The maximum Gasteiger partial charge on any atom is 0.270 e. The number of anilines is 1. The second-order valence-electron chi connectivity index (χ2n) is 8.31. The molecule has 1 N–H and O–H groups in total. The van der Waals surface area contributed by atoms with Crippen LogP contribution < -0.4 is 10.2 Å². The molecular formula is C21H26N4O2S. The number of amides is 2. The van der Waals surface area contributed by atoms with Gasteiger partial charge >= 0.3 is 0 Å². The highest BCUT2D eigenvalue weighted by Crippen LogP contribution is 2.35. The number of piperidine rings is 4.